The van der Waals surface area contributed by atoms with E-state index in [1.807, 2.05) is 0 Å². The number of hydrogen-bond acceptors (Lipinski definition) is 5. The summed E-state index contributed by atoms with van der Waals surface area (Å²) in [6.07, 6.45) is 1.13. The van der Waals surface area contributed by atoms with Crippen LogP contribution in [0.15, 0.2) is 41.9 Å². The average molecular weight is 316 g/mol. The number of hydrogen-bond donors (Lipinski definition) is 1. The molecule has 6 nitrogen and oxygen atoms in total. The van der Waals surface area contributed by atoms with Gasteiger partial charge in [0.2, 0.25) is 5.95 Å². The topological polar surface area (TPSA) is 69.0 Å². The van der Waals surface area contributed by atoms with E-state index in [9.17, 15) is 9.18 Å². The molecule has 0 radical (unpaired) electrons. The van der Waals surface area contributed by atoms with Gasteiger partial charge >= 0.3 is 5.97 Å². The molecule has 0 saturated carbocycles. The molecule has 1 N–H and O–H groups in total. The molecule has 0 spiro atoms. The Morgan fingerprint density at radius 3 is 2.91 bits per heavy atom. The summed E-state index contributed by atoms with van der Waals surface area (Å²) in [7, 11) is 0. The van der Waals surface area contributed by atoms with Gasteiger partial charge in [0.05, 0.1) is 11.7 Å². The molecule has 0 fully saturated rings. The van der Waals surface area contributed by atoms with E-state index in [1.165, 1.54) is 18.5 Å². The lowest BCUT2D eigenvalue weighted by atomic mass is 9.95. The van der Waals surface area contributed by atoms with Crippen LogP contribution in [0.4, 0.5) is 10.3 Å². The zero-order chi connectivity index (χ0) is 16.6. The van der Waals surface area contributed by atoms with Crippen LogP contribution in [0.5, 0.6) is 0 Å². The highest BCUT2D eigenvalue weighted by Gasteiger charge is 2.34. The third-order valence-electron chi connectivity index (χ3n) is 3.52. The molecule has 7 heteroatoms. The molecular formula is C16H17FN4O2. The van der Waals surface area contributed by atoms with E-state index in [0.717, 1.165) is 0 Å². The zero-order valence-electron chi connectivity index (χ0n) is 13.1. The third-order valence-corrected chi connectivity index (χ3v) is 3.52. The minimum atomic E-state index is -0.587. The molecule has 120 valence electrons. The van der Waals surface area contributed by atoms with Gasteiger partial charge in [-0.15, -0.1) is 0 Å². The molecule has 1 aliphatic heterocycles. The van der Waals surface area contributed by atoms with Gasteiger partial charge in [0, 0.05) is 5.70 Å². The van der Waals surface area contributed by atoms with Gasteiger partial charge in [-0.25, -0.2) is 13.9 Å². The monoisotopic (exact) mass is 316 g/mol. The number of allylic oxidation sites excluding steroid dienone is 1. The summed E-state index contributed by atoms with van der Waals surface area (Å²) in [6.45, 7) is 5.33. The Kier molecular flexibility index (Phi) is 3.85. The number of rotatable bonds is 3. The number of aromatic nitrogens is 3. The van der Waals surface area contributed by atoms with Crippen LogP contribution in [-0.2, 0) is 9.53 Å². The number of halogens is 1. The summed E-state index contributed by atoms with van der Waals surface area (Å²) < 4.78 is 20.6. The number of carbonyl (C=O) groups is 1. The first-order valence-corrected chi connectivity index (χ1v) is 7.31. The summed E-state index contributed by atoms with van der Waals surface area (Å²) in [5.41, 5.74) is 1.61. The lowest BCUT2D eigenvalue weighted by Crippen LogP contribution is -2.30. The zero-order valence-corrected chi connectivity index (χ0v) is 13.1. The van der Waals surface area contributed by atoms with Gasteiger partial charge in [0.1, 0.15) is 18.2 Å². The van der Waals surface area contributed by atoms with Crippen LogP contribution in [0.2, 0.25) is 0 Å². The van der Waals surface area contributed by atoms with Crippen molar-refractivity contribution in [3.05, 3.63) is 53.2 Å². The van der Waals surface area contributed by atoms with Crippen molar-refractivity contribution in [2.45, 2.75) is 32.9 Å². The summed E-state index contributed by atoms with van der Waals surface area (Å²) in [5.74, 6) is -0.338. The molecule has 2 heterocycles. The first-order chi connectivity index (χ1) is 11.0. The second-order valence-electron chi connectivity index (χ2n) is 5.60. The molecule has 1 aromatic carbocycles. The molecule has 0 aliphatic carbocycles. The Bertz CT molecular complexity index is 782. The predicted molar refractivity (Wildman–Crippen MR) is 82.1 cm³/mol. The summed E-state index contributed by atoms with van der Waals surface area (Å²) >= 11 is 0. The van der Waals surface area contributed by atoms with Gasteiger partial charge in [-0.1, -0.05) is 12.1 Å². The number of ether oxygens (including phenoxy) is 1. The van der Waals surface area contributed by atoms with Crippen LogP contribution < -0.4 is 5.32 Å². The Hall–Kier alpha value is -2.70. The van der Waals surface area contributed by atoms with E-state index in [4.69, 9.17) is 4.74 Å². The molecule has 0 bridgehead atoms. The van der Waals surface area contributed by atoms with Crippen molar-refractivity contribution < 1.29 is 13.9 Å². The number of anilines is 1. The van der Waals surface area contributed by atoms with Gasteiger partial charge in [-0.05, 0) is 38.5 Å². The smallest absolute Gasteiger partial charge is 0.338 e. The highest BCUT2D eigenvalue weighted by atomic mass is 19.1. The first kappa shape index (κ1) is 15.2. The molecular weight excluding hydrogens is 299 g/mol. The Balaban J connectivity index is 2.13. The number of carbonyl (C=O) groups excluding carboxylic acids is 1. The summed E-state index contributed by atoms with van der Waals surface area (Å²) in [4.78, 5) is 16.7. The largest absolute Gasteiger partial charge is 0.459 e. The van der Waals surface area contributed by atoms with Crippen molar-refractivity contribution in [3.63, 3.8) is 0 Å². The lowest BCUT2D eigenvalue weighted by Gasteiger charge is -2.28. The quantitative estimate of drug-likeness (QED) is 0.882. The average Bonchev–Trinajstić information content (AvgIpc) is 2.92. The van der Waals surface area contributed by atoms with Crippen LogP contribution in [0, 0.1) is 5.82 Å². The highest BCUT2D eigenvalue weighted by molar-refractivity contribution is 5.92. The van der Waals surface area contributed by atoms with E-state index in [1.54, 1.807) is 37.6 Å². The van der Waals surface area contributed by atoms with Crippen molar-refractivity contribution in [2.75, 3.05) is 5.32 Å². The maximum atomic E-state index is 13.7. The van der Waals surface area contributed by atoms with Crippen LogP contribution >= 0.6 is 0 Å². The molecule has 1 aromatic heterocycles. The summed E-state index contributed by atoms with van der Waals surface area (Å²) in [6, 6.07) is 5.51. The highest BCUT2D eigenvalue weighted by Crippen LogP contribution is 2.35. The normalized spacial score (nSPS) is 17.0. The van der Waals surface area contributed by atoms with Crippen LogP contribution in [0.25, 0.3) is 0 Å². The fourth-order valence-electron chi connectivity index (χ4n) is 2.62. The van der Waals surface area contributed by atoms with Crippen molar-refractivity contribution in [1.29, 1.82) is 0 Å². The van der Waals surface area contributed by atoms with Gasteiger partial charge in [0.25, 0.3) is 0 Å². The van der Waals surface area contributed by atoms with Crippen molar-refractivity contribution in [1.82, 2.24) is 14.8 Å². The second-order valence-corrected chi connectivity index (χ2v) is 5.60. The Labute approximate surface area is 133 Å². The standard InChI is InChI=1S/C16H17FN4O2/c1-9(2)23-15(22)13-10(3)20-16-18-8-19-21(16)14(13)11-5-4-6-12(17)7-11/h4-9,14H,1-3H3,(H,18,19,20)/t14-/m1/s1. The van der Waals surface area contributed by atoms with Gasteiger partial charge < -0.3 is 10.1 Å². The number of nitrogens with one attached hydrogen (secondary N) is 1. The minimum absolute atomic E-state index is 0.256. The molecule has 0 unspecified atom stereocenters. The Morgan fingerprint density at radius 1 is 1.43 bits per heavy atom. The third kappa shape index (κ3) is 2.81. The Morgan fingerprint density at radius 2 is 2.22 bits per heavy atom. The minimum Gasteiger partial charge on any atom is -0.459 e. The van der Waals surface area contributed by atoms with Gasteiger partial charge in [-0.3, -0.25) is 0 Å². The van der Waals surface area contributed by atoms with Crippen molar-refractivity contribution in [2.24, 2.45) is 0 Å². The molecule has 0 saturated heterocycles. The SMILES string of the molecule is CC1=C(C(=O)OC(C)C)[C@@H](c2cccc(F)c2)n2ncnc2N1. The lowest BCUT2D eigenvalue weighted by molar-refractivity contribution is -0.143. The van der Waals surface area contributed by atoms with E-state index in [2.05, 4.69) is 15.4 Å². The summed E-state index contributed by atoms with van der Waals surface area (Å²) in [5, 5.41) is 7.20. The fraction of sp³-hybridized carbons (Fsp3) is 0.312. The molecule has 3 rings (SSSR count). The van der Waals surface area contributed by atoms with Crippen LogP contribution in [0.1, 0.15) is 32.4 Å². The molecule has 1 aliphatic rings. The van der Waals surface area contributed by atoms with Crippen LogP contribution in [-0.4, -0.2) is 26.8 Å². The number of nitrogens with zero attached hydrogens (tertiary/aromatic N) is 3. The van der Waals surface area contributed by atoms with E-state index in [0.29, 0.717) is 22.8 Å². The fourth-order valence-corrected chi connectivity index (χ4v) is 2.62. The number of fused-ring (bicyclic) bond motifs is 1. The molecule has 0 amide bonds. The predicted octanol–water partition coefficient (Wildman–Crippen LogP) is 2.66. The maximum Gasteiger partial charge on any atom is 0.338 e. The molecule has 2 aromatic rings. The molecule has 23 heavy (non-hydrogen) atoms. The first-order valence-electron chi connectivity index (χ1n) is 7.31. The van der Waals surface area contributed by atoms with Crippen molar-refractivity contribution in [3.8, 4) is 0 Å². The van der Waals surface area contributed by atoms with Gasteiger partial charge in [0.15, 0.2) is 0 Å². The maximum absolute atomic E-state index is 13.7. The molecule has 1 atom stereocenters. The van der Waals surface area contributed by atoms with Crippen molar-refractivity contribution >= 4 is 11.9 Å². The second kappa shape index (κ2) is 5.83. The van der Waals surface area contributed by atoms with E-state index >= 15 is 0 Å². The van der Waals surface area contributed by atoms with Crippen LogP contribution in [0.3, 0.4) is 0 Å². The van der Waals surface area contributed by atoms with E-state index in [-0.39, 0.29) is 11.9 Å². The number of esters is 1. The number of benzene rings is 1. The van der Waals surface area contributed by atoms with Gasteiger partial charge in [-0.2, -0.15) is 10.1 Å². The van der Waals surface area contributed by atoms with E-state index < -0.39 is 12.0 Å².